The van der Waals surface area contributed by atoms with E-state index < -0.39 is 0 Å². The van der Waals surface area contributed by atoms with E-state index in [0.717, 1.165) is 21.2 Å². The van der Waals surface area contributed by atoms with Gasteiger partial charge < -0.3 is 4.98 Å². The summed E-state index contributed by atoms with van der Waals surface area (Å²) >= 11 is 3.51. The number of hydrogen-bond donors (Lipinski definition) is 1. The minimum atomic E-state index is 0.869. The summed E-state index contributed by atoms with van der Waals surface area (Å²) in [5.74, 6) is 0. The second-order valence-corrected chi connectivity index (χ2v) is 4.36. The molecule has 1 N–H and O–H groups in total. The molecule has 0 saturated heterocycles. The number of fused-ring (bicyclic) bond motifs is 1. The molecular weight excluding hydrogens is 264 g/mol. The summed E-state index contributed by atoms with van der Waals surface area (Å²) in [6, 6.07) is 14.4. The third kappa shape index (κ3) is 1.53. The van der Waals surface area contributed by atoms with Crippen LogP contribution in [0.25, 0.3) is 22.2 Å². The summed E-state index contributed by atoms with van der Waals surface area (Å²) in [4.78, 5) is 7.57. The molecule has 0 radical (unpaired) electrons. The molecule has 3 heteroatoms. The number of H-pyrrole nitrogens is 1. The van der Waals surface area contributed by atoms with Crippen LogP contribution in [-0.2, 0) is 0 Å². The first-order valence-corrected chi connectivity index (χ1v) is 5.83. The van der Waals surface area contributed by atoms with Crippen LogP contribution in [0.5, 0.6) is 0 Å². The maximum absolute atomic E-state index is 4.47. The molecule has 0 amide bonds. The second-order valence-electron chi connectivity index (χ2n) is 3.61. The molecular formula is C13H9BrN2. The van der Waals surface area contributed by atoms with Crippen LogP contribution in [0.3, 0.4) is 0 Å². The number of aromatic nitrogens is 2. The van der Waals surface area contributed by atoms with Crippen LogP contribution in [0, 0.1) is 0 Å². The molecule has 0 aliphatic rings. The summed E-state index contributed by atoms with van der Waals surface area (Å²) in [6.45, 7) is 0. The second kappa shape index (κ2) is 3.76. The summed E-state index contributed by atoms with van der Waals surface area (Å²) in [7, 11) is 0. The van der Waals surface area contributed by atoms with E-state index in [-0.39, 0.29) is 0 Å². The summed E-state index contributed by atoms with van der Waals surface area (Å²) in [5, 5.41) is 1.13. The summed E-state index contributed by atoms with van der Waals surface area (Å²) < 4.78 is 0.869. The number of benzene rings is 1. The molecule has 2 aromatic heterocycles. The molecule has 0 bridgehead atoms. The van der Waals surface area contributed by atoms with E-state index >= 15 is 0 Å². The van der Waals surface area contributed by atoms with Gasteiger partial charge in [0.05, 0.1) is 0 Å². The Labute approximate surface area is 101 Å². The van der Waals surface area contributed by atoms with Gasteiger partial charge in [-0.2, -0.15) is 0 Å². The van der Waals surface area contributed by atoms with Crippen LogP contribution in [0.15, 0.2) is 53.3 Å². The molecule has 2 nitrogen and oxygen atoms in total. The van der Waals surface area contributed by atoms with Crippen molar-refractivity contribution < 1.29 is 0 Å². The van der Waals surface area contributed by atoms with Crippen molar-refractivity contribution >= 4 is 27.0 Å². The zero-order valence-corrected chi connectivity index (χ0v) is 10.0. The average Bonchev–Trinajstić information content (AvgIpc) is 2.76. The van der Waals surface area contributed by atoms with E-state index in [0.29, 0.717) is 0 Å². The van der Waals surface area contributed by atoms with Crippen molar-refractivity contribution in [1.82, 2.24) is 9.97 Å². The van der Waals surface area contributed by atoms with Gasteiger partial charge in [0.2, 0.25) is 0 Å². The predicted octanol–water partition coefficient (Wildman–Crippen LogP) is 3.99. The highest BCUT2D eigenvalue weighted by Crippen LogP contribution is 2.29. The SMILES string of the molecule is Brc1nc2[nH]ccc2cc1-c1ccccc1. The van der Waals surface area contributed by atoms with Gasteiger partial charge in [-0.05, 0) is 33.6 Å². The van der Waals surface area contributed by atoms with E-state index in [1.54, 1.807) is 0 Å². The quantitative estimate of drug-likeness (QED) is 0.667. The lowest BCUT2D eigenvalue weighted by Gasteiger charge is -2.04. The normalized spacial score (nSPS) is 10.8. The molecule has 0 atom stereocenters. The van der Waals surface area contributed by atoms with Crippen molar-refractivity contribution in [3.63, 3.8) is 0 Å². The molecule has 0 aliphatic carbocycles. The Bertz CT molecular complexity index is 629. The topological polar surface area (TPSA) is 28.7 Å². The van der Waals surface area contributed by atoms with Gasteiger partial charge in [-0.25, -0.2) is 4.98 Å². The van der Waals surface area contributed by atoms with Gasteiger partial charge >= 0.3 is 0 Å². The molecule has 16 heavy (non-hydrogen) atoms. The monoisotopic (exact) mass is 272 g/mol. The summed E-state index contributed by atoms with van der Waals surface area (Å²) in [5.41, 5.74) is 3.20. The fourth-order valence-electron chi connectivity index (χ4n) is 1.78. The Morgan fingerprint density at radius 3 is 2.69 bits per heavy atom. The number of hydrogen-bond acceptors (Lipinski definition) is 1. The Morgan fingerprint density at radius 1 is 1.06 bits per heavy atom. The van der Waals surface area contributed by atoms with E-state index in [2.05, 4.69) is 44.1 Å². The first-order chi connectivity index (χ1) is 7.84. The molecule has 0 fully saturated rings. The molecule has 3 aromatic rings. The largest absolute Gasteiger partial charge is 0.346 e. The van der Waals surface area contributed by atoms with Crippen molar-refractivity contribution in [2.24, 2.45) is 0 Å². The van der Waals surface area contributed by atoms with Crippen molar-refractivity contribution in [2.45, 2.75) is 0 Å². The van der Waals surface area contributed by atoms with Crippen molar-refractivity contribution in [3.8, 4) is 11.1 Å². The van der Waals surface area contributed by atoms with Gasteiger partial charge in [0.15, 0.2) is 0 Å². The first-order valence-electron chi connectivity index (χ1n) is 5.03. The fraction of sp³-hybridized carbons (Fsp3) is 0. The van der Waals surface area contributed by atoms with Crippen LogP contribution >= 0.6 is 15.9 Å². The lowest BCUT2D eigenvalue weighted by molar-refractivity contribution is 1.29. The van der Waals surface area contributed by atoms with Gasteiger partial charge in [-0.1, -0.05) is 30.3 Å². The van der Waals surface area contributed by atoms with Gasteiger partial charge in [-0.3, -0.25) is 0 Å². The molecule has 0 saturated carbocycles. The third-order valence-corrected chi connectivity index (χ3v) is 3.18. The van der Waals surface area contributed by atoms with Crippen molar-refractivity contribution in [2.75, 3.05) is 0 Å². The van der Waals surface area contributed by atoms with E-state index in [4.69, 9.17) is 0 Å². The zero-order valence-electron chi connectivity index (χ0n) is 8.44. The van der Waals surface area contributed by atoms with Crippen LogP contribution in [0.1, 0.15) is 0 Å². The minimum absolute atomic E-state index is 0.869. The molecule has 0 aliphatic heterocycles. The highest BCUT2D eigenvalue weighted by atomic mass is 79.9. The molecule has 0 spiro atoms. The molecule has 3 rings (SSSR count). The minimum Gasteiger partial charge on any atom is -0.346 e. The van der Waals surface area contributed by atoms with E-state index in [9.17, 15) is 0 Å². The number of nitrogens with zero attached hydrogens (tertiary/aromatic N) is 1. The zero-order chi connectivity index (χ0) is 11.0. The molecule has 0 unspecified atom stereocenters. The number of nitrogens with one attached hydrogen (secondary N) is 1. The van der Waals surface area contributed by atoms with Crippen molar-refractivity contribution in [1.29, 1.82) is 0 Å². The molecule has 78 valence electrons. The van der Waals surface area contributed by atoms with E-state index in [1.807, 2.05) is 30.5 Å². The van der Waals surface area contributed by atoms with Gasteiger partial charge in [0, 0.05) is 17.1 Å². The van der Waals surface area contributed by atoms with Crippen LogP contribution in [-0.4, -0.2) is 9.97 Å². The average molecular weight is 273 g/mol. The maximum atomic E-state index is 4.47. The van der Waals surface area contributed by atoms with Gasteiger partial charge in [0.25, 0.3) is 0 Å². The Balaban J connectivity index is 2.27. The number of halogens is 1. The van der Waals surface area contributed by atoms with E-state index in [1.165, 1.54) is 5.56 Å². The Hall–Kier alpha value is -1.61. The first kappa shape index (κ1) is 9.60. The lowest BCUT2D eigenvalue weighted by atomic mass is 10.1. The Kier molecular flexibility index (Phi) is 2.26. The highest BCUT2D eigenvalue weighted by Gasteiger charge is 2.06. The Morgan fingerprint density at radius 2 is 1.88 bits per heavy atom. The van der Waals surface area contributed by atoms with Crippen LogP contribution in [0.2, 0.25) is 0 Å². The smallest absolute Gasteiger partial charge is 0.138 e. The van der Waals surface area contributed by atoms with Crippen LogP contribution in [0.4, 0.5) is 0 Å². The van der Waals surface area contributed by atoms with Crippen LogP contribution < -0.4 is 0 Å². The number of aromatic amines is 1. The number of pyridine rings is 1. The molecule has 2 heterocycles. The summed E-state index contributed by atoms with van der Waals surface area (Å²) in [6.07, 6.45) is 1.90. The van der Waals surface area contributed by atoms with Gasteiger partial charge in [0.1, 0.15) is 10.3 Å². The van der Waals surface area contributed by atoms with Gasteiger partial charge in [-0.15, -0.1) is 0 Å². The predicted molar refractivity (Wildman–Crippen MR) is 69.2 cm³/mol. The standard InChI is InChI=1S/C13H9BrN2/c14-12-11(9-4-2-1-3-5-9)8-10-6-7-15-13(10)16-12/h1-8H,(H,15,16). The third-order valence-electron chi connectivity index (χ3n) is 2.57. The number of rotatable bonds is 1. The fourth-order valence-corrected chi connectivity index (χ4v) is 2.30. The highest BCUT2D eigenvalue weighted by molar-refractivity contribution is 9.10. The maximum Gasteiger partial charge on any atom is 0.138 e. The lowest BCUT2D eigenvalue weighted by Crippen LogP contribution is -1.84. The molecule has 1 aromatic carbocycles. The van der Waals surface area contributed by atoms with Crippen molar-refractivity contribution in [3.05, 3.63) is 53.3 Å².